The van der Waals surface area contributed by atoms with Crippen LogP contribution in [0.2, 0.25) is 5.02 Å². The Hall–Kier alpha value is -3.16. The maximum Gasteiger partial charge on any atom is 0.247 e. The Bertz CT molecular complexity index is 1190. The van der Waals surface area contributed by atoms with Gasteiger partial charge in [0, 0.05) is 53.8 Å². The predicted molar refractivity (Wildman–Crippen MR) is 140 cm³/mol. The van der Waals surface area contributed by atoms with Crippen LogP contribution in [0.25, 0.3) is 17.2 Å². The molecule has 3 heterocycles. The van der Waals surface area contributed by atoms with Crippen LogP contribution in [-0.4, -0.2) is 52.8 Å². The second-order valence-electron chi connectivity index (χ2n) is 8.38. The summed E-state index contributed by atoms with van der Waals surface area (Å²) in [5, 5.41) is 2.48. The Labute approximate surface area is 214 Å². The first-order chi connectivity index (χ1) is 17.0. The summed E-state index contributed by atoms with van der Waals surface area (Å²) in [5.74, 6) is 0.440. The van der Waals surface area contributed by atoms with Crippen LogP contribution in [0.5, 0.6) is 5.88 Å². The fourth-order valence-electron chi connectivity index (χ4n) is 4.17. The predicted octanol–water partition coefficient (Wildman–Crippen LogP) is 5.53. The monoisotopic (exact) mass is 509 g/mol. The number of methoxy groups -OCH3 is 1. The molecule has 2 aromatic heterocycles. The van der Waals surface area contributed by atoms with E-state index < -0.39 is 6.04 Å². The SMILES string of the molecule is CCCC1C(=O)N(Cc2ccc(-c3ccc(OC)nc3)cc2)CCN1C(=O)/C=C/c1cc(Cl)cs1. The van der Waals surface area contributed by atoms with E-state index >= 15 is 0 Å². The first-order valence-corrected chi connectivity index (χ1v) is 12.8. The number of ether oxygens (including phenoxy) is 1. The van der Waals surface area contributed by atoms with E-state index in [0.717, 1.165) is 28.0 Å². The molecule has 0 spiro atoms. The molecule has 4 rings (SSSR count). The van der Waals surface area contributed by atoms with Gasteiger partial charge in [-0.2, -0.15) is 0 Å². The van der Waals surface area contributed by atoms with Crippen LogP contribution in [0.3, 0.4) is 0 Å². The molecule has 1 aliphatic rings. The molecule has 1 saturated heterocycles. The Kier molecular flexibility index (Phi) is 8.21. The Morgan fingerprint density at radius 1 is 1.20 bits per heavy atom. The number of benzene rings is 1. The number of amides is 2. The minimum absolute atomic E-state index is 0.00227. The summed E-state index contributed by atoms with van der Waals surface area (Å²) in [4.78, 5) is 35.0. The van der Waals surface area contributed by atoms with Crippen molar-refractivity contribution in [3.63, 3.8) is 0 Å². The summed E-state index contributed by atoms with van der Waals surface area (Å²) in [6.07, 6.45) is 6.55. The number of thiophene rings is 1. The van der Waals surface area contributed by atoms with E-state index in [1.165, 1.54) is 11.3 Å². The second-order valence-corrected chi connectivity index (χ2v) is 9.76. The highest BCUT2D eigenvalue weighted by Crippen LogP contribution is 2.24. The van der Waals surface area contributed by atoms with Crippen LogP contribution in [0.4, 0.5) is 0 Å². The van der Waals surface area contributed by atoms with Crippen molar-refractivity contribution < 1.29 is 14.3 Å². The molecule has 2 amide bonds. The van der Waals surface area contributed by atoms with Crippen LogP contribution in [0, 0.1) is 0 Å². The summed E-state index contributed by atoms with van der Waals surface area (Å²) < 4.78 is 5.12. The van der Waals surface area contributed by atoms with Gasteiger partial charge in [0.15, 0.2) is 0 Å². The van der Waals surface area contributed by atoms with Gasteiger partial charge in [-0.05, 0) is 35.8 Å². The highest BCUT2D eigenvalue weighted by atomic mass is 35.5. The van der Waals surface area contributed by atoms with Gasteiger partial charge in [0.1, 0.15) is 6.04 Å². The zero-order chi connectivity index (χ0) is 24.8. The van der Waals surface area contributed by atoms with E-state index in [1.807, 2.05) is 59.7 Å². The normalized spacial score (nSPS) is 16.2. The molecule has 1 unspecified atom stereocenters. The molecule has 1 fully saturated rings. The third kappa shape index (κ3) is 6.10. The number of carbonyl (C=O) groups is 2. The summed E-state index contributed by atoms with van der Waals surface area (Å²) >= 11 is 7.44. The number of aromatic nitrogens is 1. The zero-order valence-electron chi connectivity index (χ0n) is 19.8. The number of nitrogens with zero attached hydrogens (tertiary/aromatic N) is 3. The molecule has 1 aliphatic heterocycles. The lowest BCUT2D eigenvalue weighted by Gasteiger charge is -2.40. The van der Waals surface area contributed by atoms with Gasteiger partial charge in [0.2, 0.25) is 17.7 Å². The average molecular weight is 510 g/mol. The number of pyridine rings is 1. The number of carbonyl (C=O) groups excluding carboxylic acids is 2. The van der Waals surface area contributed by atoms with Crippen LogP contribution >= 0.6 is 22.9 Å². The minimum atomic E-state index is -0.442. The lowest BCUT2D eigenvalue weighted by atomic mass is 10.0. The summed E-state index contributed by atoms with van der Waals surface area (Å²) in [6, 6.07) is 13.3. The summed E-state index contributed by atoms with van der Waals surface area (Å²) in [5.41, 5.74) is 3.10. The van der Waals surface area contributed by atoms with Crippen molar-refractivity contribution >= 4 is 40.8 Å². The molecule has 0 N–H and O–H groups in total. The molecular formula is C27H28ClN3O3S. The lowest BCUT2D eigenvalue weighted by molar-refractivity contribution is -0.150. The minimum Gasteiger partial charge on any atom is -0.481 e. The van der Waals surface area contributed by atoms with Crippen LogP contribution < -0.4 is 4.74 Å². The van der Waals surface area contributed by atoms with Crippen LogP contribution in [-0.2, 0) is 16.1 Å². The van der Waals surface area contributed by atoms with E-state index in [4.69, 9.17) is 16.3 Å². The van der Waals surface area contributed by atoms with Gasteiger partial charge in [-0.25, -0.2) is 4.98 Å². The third-order valence-electron chi connectivity index (χ3n) is 6.01. The Morgan fingerprint density at radius 2 is 1.97 bits per heavy atom. The van der Waals surface area contributed by atoms with Crippen LogP contribution in [0.15, 0.2) is 60.1 Å². The third-order valence-corrected chi connectivity index (χ3v) is 7.26. The van der Waals surface area contributed by atoms with Crippen molar-refractivity contribution in [2.75, 3.05) is 20.2 Å². The van der Waals surface area contributed by atoms with Crippen molar-refractivity contribution in [2.45, 2.75) is 32.4 Å². The Morgan fingerprint density at radius 3 is 2.60 bits per heavy atom. The Balaban J connectivity index is 1.41. The molecule has 35 heavy (non-hydrogen) atoms. The maximum absolute atomic E-state index is 13.3. The van der Waals surface area contributed by atoms with E-state index in [0.29, 0.717) is 37.0 Å². The van der Waals surface area contributed by atoms with Crippen LogP contribution in [0.1, 0.15) is 30.2 Å². The van der Waals surface area contributed by atoms with Gasteiger partial charge < -0.3 is 14.5 Å². The maximum atomic E-state index is 13.3. The highest BCUT2D eigenvalue weighted by Gasteiger charge is 2.35. The van der Waals surface area contributed by atoms with E-state index in [-0.39, 0.29) is 11.8 Å². The van der Waals surface area contributed by atoms with Crippen molar-refractivity contribution in [1.29, 1.82) is 0 Å². The van der Waals surface area contributed by atoms with Crippen molar-refractivity contribution in [3.05, 3.63) is 75.6 Å². The van der Waals surface area contributed by atoms with Crippen molar-refractivity contribution in [3.8, 4) is 17.0 Å². The van der Waals surface area contributed by atoms with Crippen molar-refractivity contribution in [1.82, 2.24) is 14.8 Å². The van der Waals surface area contributed by atoms with E-state index in [2.05, 4.69) is 4.98 Å². The number of hydrogen-bond donors (Lipinski definition) is 0. The molecule has 8 heteroatoms. The first kappa shape index (κ1) is 24.9. The van der Waals surface area contributed by atoms with Gasteiger partial charge >= 0.3 is 0 Å². The molecule has 3 aromatic rings. The van der Waals surface area contributed by atoms with Gasteiger partial charge in [-0.1, -0.05) is 49.2 Å². The van der Waals surface area contributed by atoms with Gasteiger partial charge in [0.25, 0.3) is 0 Å². The number of piperazine rings is 1. The molecule has 6 nitrogen and oxygen atoms in total. The average Bonchev–Trinajstić information content (AvgIpc) is 3.30. The molecule has 0 saturated carbocycles. The largest absolute Gasteiger partial charge is 0.481 e. The molecular weight excluding hydrogens is 482 g/mol. The zero-order valence-corrected chi connectivity index (χ0v) is 21.4. The smallest absolute Gasteiger partial charge is 0.247 e. The standard InChI is InChI=1S/C27H28ClN3O3S/c1-3-4-24-27(33)30(13-14-31(24)26(32)12-10-23-15-22(28)18-35-23)17-19-5-7-20(8-6-19)21-9-11-25(34-2)29-16-21/h5-12,15-16,18,24H,3-4,13-14,17H2,1-2H3/b12-10+. The van der Waals surface area contributed by atoms with Crippen molar-refractivity contribution in [2.24, 2.45) is 0 Å². The molecule has 0 bridgehead atoms. The lowest BCUT2D eigenvalue weighted by Crippen LogP contribution is -2.58. The number of hydrogen-bond acceptors (Lipinski definition) is 5. The van der Waals surface area contributed by atoms with E-state index in [1.54, 1.807) is 30.4 Å². The molecule has 1 atom stereocenters. The molecule has 0 aliphatic carbocycles. The fourth-order valence-corrected chi connectivity index (χ4v) is 5.15. The summed E-state index contributed by atoms with van der Waals surface area (Å²) in [7, 11) is 1.59. The topological polar surface area (TPSA) is 62.7 Å². The number of rotatable bonds is 8. The summed E-state index contributed by atoms with van der Waals surface area (Å²) in [6.45, 7) is 3.57. The van der Waals surface area contributed by atoms with Gasteiger partial charge in [-0.15, -0.1) is 11.3 Å². The molecule has 182 valence electrons. The fraction of sp³-hybridized carbons (Fsp3) is 0.296. The first-order valence-electron chi connectivity index (χ1n) is 11.6. The van der Waals surface area contributed by atoms with E-state index in [9.17, 15) is 9.59 Å². The number of halogens is 1. The highest BCUT2D eigenvalue weighted by molar-refractivity contribution is 7.11. The van der Waals surface area contributed by atoms with Gasteiger partial charge in [0.05, 0.1) is 12.1 Å². The second kappa shape index (κ2) is 11.5. The molecule has 1 aromatic carbocycles. The quantitative estimate of drug-likeness (QED) is 0.375. The molecule has 0 radical (unpaired) electrons. The van der Waals surface area contributed by atoms with Gasteiger partial charge in [-0.3, -0.25) is 9.59 Å².